The van der Waals surface area contributed by atoms with E-state index in [1.165, 1.54) is 0 Å². The summed E-state index contributed by atoms with van der Waals surface area (Å²) in [6.07, 6.45) is 1.41. The smallest absolute Gasteiger partial charge is 0.326 e. The van der Waals surface area contributed by atoms with Gasteiger partial charge in [-0.05, 0) is 24.3 Å². The maximum Gasteiger partial charge on any atom is 0.326 e. The van der Waals surface area contributed by atoms with Crippen molar-refractivity contribution >= 4 is 29.5 Å². The number of aliphatic carboxylic acids is 1. The maximum atomic E-state index is 11.6. The number of carbonyl (C=O) groups is 3. The monoisotopic (exact) mass is 259 g/mol. The first kappa shape index (κ1) is 14.0. The molecule has 0 bridgehead atoms. The number of likely N-dealkylation sites (tertiary alicyclic amines) is 1. The Labute approximate surface area is 105 Å². The van der Waals surface area contributed by atoms with Gasteiger partial charge >= 0.3 is 5.97 Å². The quantitative estimate of drug-likeness (QED) is 0.571. The van der Waals surface area contributed by atoms with Crippen LogP contribution in [0.3, 0.4) is 0 Å². The van der Waals surface area contributed by atoms with E-state index in [0.717, 1.165) is 10.7 Å². The first-order valence-electron chi connectivity index (χ1n) is 5.73. The van der Waals surface area contributed by atoms with E-state index in [9.17, 15) is 14.4 Å². The van der Waals surface area contributed by atoms with Crippen molar-refractivity contribution in [1.29, 1.82) is 0 Å². The maximum absolute atomic E-state index is 11.6. The van der Waals surface area contributed by atoms with Crippen LogP contribution >= 0.6 is 11.8 Å². The van der Waals surface area contributed by atoms with Crippen molar-refractivity contribution in [3.8, 4) is 0 Å². The van der Waals surface area contributed by atoms with Crippen LogP contribution in [0.25, 0.3) is 0 Å². The fourth-order valence-electron chi connectivity index (χ4n) is 1.82. The third-order valence-corrected chi connectivity index (χ3v) is 3.59. The van der Waals surface area contributed by atoms with Crippen molar-refractivity contribution in [2.75, 3.05) is 11.5 Å². The lowest BCUT2D eigenvalue weighted by Gasteiger charge is -2.30. The van der Waals surface area contributed by atoms with E-state index in [2.05, 4.69) is 0 Å². The molecule has 1 atom stereocenters. The second-order valence-corrected chi connectivity index (χ2v) is 5.24. The molecule has 0 aromatic rings. The minimum Gasteiger partial charge on any atom is -0.480 e. The summed E-state index contributed by atoms with van der Waals surface area (Å²) < 4.78 is 0. The number of hydrogen-bond acceptors (Lipinski definition) is 4. The lowest BCUT2D eigenvalue weighted by Crippen LogP contribution is -2.50. The first-order chi connectivity index (χ1) is 8.07. The Morgan fingerprint density at radius 3 is 2.47 bits per heavy atom. The number of hydrogen-bond donors (Lipinski definition) is 1. The Bertz CT molecular complexity index is 303. The Hall–Kier alpha value is -1.04. The third-order valence-electron chi connectivity index (χ3n) is 2.66. The number of rotatable bonds is 6. The van der Waals surface area contributed by atoms with Crippen LogP contribution in [0.5, 0.6) is 0 Å². The van der Waals surface area contributed by atoms with Gasteiger partial charge < -0.3 is 5.11 Å². The van der Waals surface area contributed by atoms with Gasteiger partial charge in [0.15, 0.2) is 0 Å². The number of nitrogens with zero attached hydrogens (tertiary/aromatic N) is 1. The van der Waals surface area contributed by atoms with Crippen molar-refractivity contribution in [2.45, 2.75) is 38.6 Å². The summed E-state index contributed by atoms with van der Waals surface area (Å²) in [4.78, 5) is 35.3. The van der Waals surface area contributed by atoms with Gasteiger partial charge in [-0.25, -0.2) is 4.79 Å². The van der Waals surface area contributed by atoms with Gasteiger partial charge in [0.05, 0.1) is 0 Å². The predicted molar refractivity (Wildman–Crippen MR) is 64.7 cm³/mol. The van der Waals surface area contributed by atoms with Gasteiger partial charge in [-0.3, -0.25) is 14.5 Å². The van der Waals surface area contributed by atoms with Gasteiger partial charge in [0.1, 0.15) is 6.04 Å². The van der Waals surface area contributed by atoms with E-state index in [1.807, 2.05) is 6.92 Å². The average molecular weight is 259 g/mol. The third kappa shape index (κ3) is 3.73. The molecule has 0 saturated carbocycles. The molecular formula is C11H17NO4S. The lowest BCUT2D eigenvalue weighted by atomic mass is 10.1. The summed E-state index contributed by atoms with van der Waals surface area (Å²) >= 11 is 1.61. The molecule has 1 aliphatic heterocycles. The van der Waals surface area contributed by atoms with Gasteiger partial charge in [0.2, 0.25) is 11.8 Å². The van der Waals surface area contributed by atoms with Crippen molar-refractivity contribution in [3.05, 3.63) is 0 Å². The molecule has 0 aliphatic carbocycles. The SMILES string of the molecule is CCSCCC(C(=O)O)N1C(=O)CCCC1=O. The average Bonchev–Trinajstić information content (AvgIpc) is 2.26. The molecule has 96 valence electrons. The normalized spacial score (nSPS) is 18.3. The van der Waals surface area contributed by atoms with Crippen LogP contribution in [0, 0.1) is 0 Å². The molecule has 17 heavy (non-hydrogen) atoms. The molecule has 1 aliphatic rings. The molecule has 1 unspecified atom stereocenters. The Morgan fingerprint density at radius 1 is 1.41 bits per heavy atom. The predicted octanol–water partition coefficient (Wildman–Crippen LogP) is 1.12. The zero-order valence-electron chi connectivity index (χ0n) is 9.85. The van der Waals surface area contributed by atoms with E-state index >= 15 is 0 Å². The van der Waals surface area contributed by atoms with Crippen LogP contribution in [-0.2, 0) is 14.4 Å². The highest BCUT2D eigenvalue weighted by molar-refractivity contribution is 7.99. The number of carboxylic acid groups (broad SMARTS) is 1. The molecular weight excluding hydrogens is 242 g/mol. The standard InChI is InChI=1S/C11H17NO4S/c1-2-17-7-6-8(11(15)16)12-9(13)4-3-5-10(12)14/h8H,2-7H2,1H3,(H,15,16). The fourth-order valence-corrected chi connectivity index (χ4v) is 2.50. The van der Waals surface area contributed by atoms with Crippen molar-refractivity contribution in [3.63, 3.8) is 0 Å². The number of thioether (sulfide) groups is 1. The number of imide groups is 1. The van der Waals surface area contributed by atoms with Crippen LogP contribution in [0.15, 0.2) is 0 Å². The second-order valence-electron chi connectivity index (χ2n) is 3.85. The molecule has 1 N–H and O–H groups in total. The molecule has 1 saturated heterocycles. The number of carbonyl (C=O) groups excluding carboxylic acids is 2. The van der Waals surface area contributed by atoms with Gasteiger partial charge in [-0.2, -0.15) is 11.8 Å². The minimum atomic E-state index is -1.09. The van der Waals surface area contributed by atoms with Crippen LogP contribution < -0.4 is 0 Å². The summed E-state index contributed by atoms with van der Waals surface area (Å²) in [5.74, 6) is -0.255. The highest BCUT2D eigenvalue weighted by Gasteiger charge is 2.36. The topological polar surface area (TPSA) is 74.7 Å². The van der Waals surface area contributed by atoms with Crippen molar-refractivity contribution in [2.24, 2.45) is 0 Å². The van der Waals surface area contributed by atoms with Gasteiger partial charge in [0, 0.05) is 12.8 Å². The summed E-state index contributed by atoms with van der Waals surface area (Å²) in [5.41, 5.74) is 0. The molecule has 0 spiro atoms. The van der Waals surface area contributed by atoms with Gasteiger partial charge in [-0.1, -0.05) is 6.92 Å². The van der Waals surface area contributed by atoms with E-state index in [1.54, 1.807) is 11.8 Å². The number of piperidine rings is 1. The Kier molecular flexibility index (Phi) is 5.47. The van der Waals surface area contributed by atoms with Crippen molar-refractivity contribution in [1.82, 2.24) is 4.90 Å². The number of amides is 2. The Morgan fingerprint density at radius 2 is 2.00 bits per heavy atom. The van der Waals surface area contributed by atoms with E-state index in [-0.39, 0.29) is 24.7 Å². The minimum absolute atomic E-state index is 0.274. The van der Waals surface area contributed by atoms with E-state index in [0.29, 0.717) is 18.6 Å². The van der Waals surface area contributed by atoms with Crippen LogP contribution in [0.2, 0.25) is 0 Å². The summed E-state index contributed by atoms with van der Waals surface area (Å²) in [6, 6.07) is -0.991. The van der Waals surface area contributed by atoms with Gasteiger partial charge in [0.25, 0.3) is 0 Å². The molecule has 0 aromatic heterocycles. The largest absolute Gasteiger partial charge is 0.480 e. The molecule has 6 heteroatoms. The zero-order valence-corrected chi connectivity index (χ0v) is 10.7. The molecule has 0 aromatic carbocycles. The van der Waals surface area contributed by atoms with Gasteiger partial charge in [-0.15, -0.1) is 0 Å². The highest BCUT2D eigenvalue weighted by atomic mass is 32.2. The number of carboxylic acids is 1. The zero-order chi connectivity index (χ0) is 12.8. The Balaban J connectivity index is 2.70. The van der Waals surface area contributed by atoms with Crippen molar-refractivity contribution < 1.29 is 19.5 Å². The van der Waals surface area contributed by atoms with Crippen LogP contribution in [0.4, 0.5) is 0 Å². The second kappa shape index (κ2) is 6.64. The molecule has 1 heterocycles. The van der Waals surface area contributed by atoms with Crippen LogP contribution in [0.1, 0.15) is 32.6 Å². The lowest BCUT2D eigenvalue weighted by molar-refractivity contribution is -0.160. The molecule has 2 amide bonds. The fraction of sp³-hybridized carbons (Fsp3) is 0.727. The molecule has 1 fully saturated rings. The summed E-state index contributed by atoms with van der Waals surface area (Å²) in [5, 5.41) is 9.11. The van der Waals surface area contributed by atoms with E-state index in [4.69, 9.17) is 5.11 Å². The molecule has 0 radical (unpaired) electrons. The molecule has 5 nitrogen and oxygen atoms in total. The summed E-state index contributed by atoms with van der Waals surface area (Å²) in [6.45, 7) is 1.98. The summed E-state index contributed by atoms with van der Waals surface area (Å²) in [7, 11) is 0. The van der Waals surface area contributed by atoms with E-state index < -0.39 is 12.0 Å². The van der Waals surface area contributed by atoms with Crippen LogP contribution in [-0.4, -0.2) is 45.3 Å². The molecule has 1 rings (SSSR count). The first-order valence-corrected chi connectivity index (χ1v) is 6.88. The highest BCUT2D eigenvalue weighted by Crippen LogP contribution is 2.19.